The number of benzene rings is 1. The summed E-state index contributed by atoms with van der Waals surface area (Å²) >= 11 is 0. The maximum absolute atomic E-state index is 12.0. The van der Waals surface area contributed by atoms with E-state index in [4.69, 9.17) is 5.73 Å². The molecule has 0 aliphatic rings. The summed E-state index contributed by atoms with van der Waals surface area (Å²) in [5, 5.41) is 6.33. The van der Waals surface area contributed by atoms with Crippen LogP contribution in [0.3, 0.4) is 0 Å². The fraction of sp³-hybridized carbons (Fsp3) is 0.333. The first-order valence-electron chi connectivity index (χ1n) is 6.29. The molecule has 2 aromatic rings. The van der Waals surface area contributed by atoms with Crippen molar-refractivity contribution in [1.82, 2.24) is 10.2 Å². The van der Waals surface area contributed by atoms with Gasteiger partial charge in [-0.15, -0.1) is 0 Å². The van der Waals surface area contributed by atoms with Gasteiger partial charge in [0.15, 0.2) is 5.78 Å². The van der Waals surface area contributed by atoms with Crippen molar-refractivity contribution < 1.29 is 4.79 Å². The minimum Gasteiger partial charge on any atom is -0.383 e. The number of aromatic nitrogens is 2. The van der Waals surface area contributed by atoms with E-state index in [2.05, 4.69) is 43.1 Å². The molecule has 0 spiro atoms. The van der Waals surface area contributed by atoms with Crippen molar-refractivity contribution in [3.63, 3.8) is 0 Å². The Hall–Kier alpha value is -2.10. The number of H-pyrrole nitrogens is 1. The van der Waals surface area contributed by atoms with Crippen LogP contribution in [0.15, 0.2) is 30.5 Å². The highest BCUT2D eigenvalue weighted by molar-refractivity contribution is 6.00. The third kappa shape index (κ3) is 3.02. The zero-order valence-electron chi connectivity index (χ0n) is 11.5. The number of ketones is 1. The van der Waals surface area contributed by atoms with Crippen molar-refractivity contribution in [2.75, 3.05) is 5.73 Å². The topological polar surface area (TPSA) is 71.8 Å². The lowest BCUT2D eigenvalue weighted by molar-refractivity contribution is 0.0994. The van der Waals surface area contributed by atoms with E-state index in [0.717, 1.165) is 5.56 Å². The molecule has 0 bridgehead atoms. The molecule has 3 N–H and O–H groups in total. The summed E-state index contributed by atoms with van der Waals surface area (Å²) in [6, 6.07) is 8.13. The van der Waals surface area contributed by atoms with Crippen LogP contribution in [-0.4, -0.2) is 16.0 Å². The fourth-order valence-corrected chi connectivity index (χ4v) is 1.92. The Morgan fingerprint density at radius 1 is 1.26 bits per heavy atom. The predicted molar refractivity (Wildman–Crippen MR) is 76.2 cm³/mol. The van der Waals surface area contributed by atoms with Gasteiger partial charge in [0.2, 0.25) is 0 Å². The van der Waals surface area contributed by atoms with E-state index < -0.39 is 0 Å². The number of hydrogen-bond acceptors (Lipinski definition) is 3. The largest absolute Gasteiger partial charge is 0.383 e. The van der Waals surface area contributed by atoms with E-state index in [0.29, 0.717) is 17.8 Å². The van der Waals surface area contributed by atoms with Gasteiger partial charge in [-0.3, -0.25) is 9.89 Å². The Morgan fingerprint density at radius 3 is 2.37 bits per heavy atom. The number of aromatic amines is 1. The van der Waals surface area contributed by atoms with Crippen LogP contribution in [-0.2, 0) is 11.8 Å². The molecule has 1 aromatic heterocycles. The number of nitrogen functional groups attached to an aromatic ring is 1. The molecule has 0 unspecified atom stereocenters. The lowest BCUT2D eigenvalue weighted by atomic mass is 9.86. The molecular weight excluding hydrogens is 238 g/mol. The van der Waals surface area contributed by atoms with Gasteiger partial charge in [-0.25, -0.2) is 0 Å². The predicted octanol–water partition coefficient (Wildman–Crippen LogP) is 2.71. The molecule has 0 saturated heterocycles. The van der Waals surface area contributed by atoms with E-state index in [9.17, 15) is 4.79 Å². The molecule has 4 nitrogen and oxygen atoms in total. The Labute approximate surface area is 113 Å². The molecule has 0 saturated carbocycles. The number of nitrogens with two attached hydrogens (primary N) is 1. The molecule has 0 aliphatic heterocycles. The van der Waals surface area contributed by atoms with Gasteiger partial charge in [-0.1, -0.05) is 45.0 Å². The van der Waals surface area contributed by atoms with Crippen LogP contribution >= 0.6 is 0 Å². The Morgan fingerprint density at radius 2 is 1.89 bits per heavy atom. The molecule has 1 aromatic carbocycles. The Balaban J connectivity index is 2.12. The summed E-state index contributed by atoms with van der Waals surface area (Å²) in [5.74, 6) is 0.311. The molecule has 4 heteroatoms. The molecule has 100 valence electrons. The van der Waals surface area contributed by atoms with E-state index in [1.54, 1.807) is 0 Å². The average molecular weight is 257 g/mol. The minimum atomic E-state index is -0.0187. The second kappa shape index (κ2) is 4.88. The lowest BCUT2D eigenvalue weighted by Crippen LogP contribution is -2.11. The van der Waals surface area contributed by atoms with Gasteiger partial charge in [0.1, 0.15) is 5.82 Å². The molecular formula is C15H19N3O. The quantitative estimate of drug-likeness (QED) is 0.830. The van der Waals surface area contributed by atoms with Crippen molar-refractivity contribution in [2.24, 2.45) is 0 Å². The summed E-state index contributed by atoms with van der Waals surface area (Å²) in [6.45, 7) is 6.50. The second-order valence-electron chi connectivity index (χ2n) is 5.74. The van der Waals surface area contributed by atoms with Crippen molar-refractivity contribution in [3.8, 4) is 0 Å². The number of carbonyl (C=O) groups is 1. The number of nitrogens with zero attached hydrogens (tertiary/aromatic N) is 1. The number of anilines is 1. The van der Waals surface area contributed by atoms with Crippen LogP contribution in [0.1, 0.15) is 42.3 Å². The van der Waals surface area contributed by atoms with Crippen LogP contribution in [0.2, 0.25) is 0 Å². The van der Waals surface area contributed by atoms with Crippen molar-refractivity contribution in [1.29, 1.82) is 0 Å². The normalized spacial score (nSPS) is 11.5. The van der Waals surface area contributed by atoms with Gasteiger partial charge >= 0.3 is 0 Å². The van der Waals surface area contributed by atoms with E-state index in [-0.39, 0.29) is 11.2 Å². The first-order chi connectivity index (χ1) is 8.88. The lowest BCUT2D eigenvalue weighted by Gasteiger charge is -2.19. The van der Waals surface area contributed by atoms with Gasteiger partial charge in [0.05, 0.1) is 11.8 Å². The number of nitrogens with one attached hydrogen (secondary N) is 1. The summed E-state index contributed by atoms with van der Waals surface area (Å²) in [5.41, 5.74) is 8.46. The Bertz CT molecular complexity index is 576. The molecule has 0 atom stereocenters. The van der Waals surface area contributed by atoms with Crippen LogP contribution < -0.4 is 5.73 Å². The zero-order valence-corrected chi connectivity index (χ0v) is 11.5. The molecule has 19 heavy (non-hydrogen) atoms. The number of hydrogen-bond donors (Lipinski definition) is 2. The van der Waals surface area contributed by atoms with Gasteiger partial charge in [0.25, 0.3) is 0 Å². The molecule has 0 radical (unpaired) electrons. The van der Waals surface area contributed by atoms with Gasteiger partial charge in [-0.05, 0) is 16.5 Å². The minimum absolute atomic E-state index is 0.0187. The van der Waals surface area contributed by atoms with E-state index in [1.807, 2.05) is 12.1 Å². The SMILES string of the molecule is CC(C)(C)c1ccc(CC(=O)c2cn[nH]c2N)cc1. The van der Waals surface area contributed by atoms with Gasteiger partial charge in [0, 0.05) is 6.42 Å². The number of carbonyl (C=O) groups excluding carboxylic acids is 1. The van der Waals surface area contributed by atoms with Gasteiger partial charge < -0.3 is 5.73 Å². The molecule has 0 aliphatic carbocycles. The number of rotatable bonds is 3. The van der Waals surface area contributed by atoms with E-state index >= 15 is 0 Å². The third-order valence-electron chi connectivity index (χ3n) is 3.15. The van der Waals surface area contributed by atoms with Crippen molar-refractivity contribution >= 4 is 11.6 Å². The summed E-state index contributed by atoms with van der Waals surface area (Å²) < 4.78 is 0. The third-order valence-corrected chi connectivity index (χ3v) is 3.15. The van der Waals surface area contributed by atoms with E-state index in [1.165, 1.54) is 11.8 Å². The van der Waals surface area contributed by atoms with Crippen LogP contribution in [0.25, 0.3) is 0 Å². The Kier molecular flexibility index (Phi) is 3.42. The maximum atomic E-state index is 12.0. The summed E-state index contributed by atoms with van der Waals surface area (Å²) in [7, 11) is 0. The van der Waals surface area contributed by atoms with Gasteiger partial charge in [-0.2, -0.15) is 5.10 Å². The van der Waals surface area contributed by atoms with Crippen LogP contribution in [0, 0.1) is 0 Å². The van der Waals surface area contributed by atoms with Crippen molar-refractivity contribution in [2.45, 2.75) is 32.6 Å². The van der Waals surface area contributed by atoms with Crippen LogP contribution in [0.5, 0.6) is 0 Å². The highest BCUT2D eigenvalue weighted by atomic mass is 16.1. The summed E-state index contributed by atoms with van der Waals surface area (Å²) in [4.78, 5) is 12.0. The first-order valence-corrected chi connectivity index (χ1v) is 6.29. The molecule has 1 heterocycles. The second-order valence-corrected chi connectivity index (χ2v) is 5.74. The molecule has 0 amide bonds. The first kappa shape index (κ1) is 13.3. The maximum Gasteiger partial charge on any atom is 0.172 e. The number of Topliss-reactive ketones (excluding diaryl/α,β-unsaturated/α-hetero) is 1. The highest BCUT2D eigenvalue weighted by Gasteiger charge is 2.15. The monoisotopic (exact) mass is 257 g/mol. The average Bonchev–Trinajstić information content (AvgIpc) is 2.75. The molecule has 0 fully saturated rings. The highest BCUT2D eigenvalue weighted by Crippen LogP contribution is 2.22. The molecule has 2 rings (SSSR count). The fourth-order valence-electron chi connectivity index (χ4n) is 1.92. The smallest absolute Gasteiger partial charge is 0.172 e. The summed E-state index contributed by atoms with van der Waals surface area (Å²) in [6.07, 6.45) is 1.81. The van der Waals surface area contributed by atoms with Crippen molar-refractivity contribution in [3.05, 3.63) is 47.2 Å². The zero-order chi connectivity index (χ0) is 14.0. The standard InChI is InChI=1S/C15H19N3O/c1-15(2,3)11-6-4-10(5-7-11)8-13(19)12-9-17-18-14(12)16/h4-7,9H,8H2,1-3H3,(H3,16,17,18). The van der Waals surface area contributed by atoms with Crippen LogP contribution in [0.4, 0.5) is 5.82 Å².